The van der Waals surface area contributed by atoms with Crippen molar-refractivity contribution in [3.05, 3.63) is 83.7 Å². The van der Waals surface area contributed by atoms with Crippen molar-refractivity contribution >= 4 is 29.9 Å². The maximum absolute atomic E-state index is 5.69. The maximum atomic E-state index is 5.69. The molecular weight excluding hydrogens is 489 g/mol. The Balaban J connectivity index is 0.00000320. The van der Waals surface area contributed by atoms with Gasteiger partial charge in [-0.3, -0.25) is 9.67 Å². The predicted octanol–water partition coefficient (Wildman–Crippen LogP) is 4.20. The van der Waals surface area contributed by atoms with Crippen molar-refractivity contribution in [2.45, 2.75) is 39.6 Å². The molecule has 1 heterocycles. The molecule has 0 atom stereocenters. The minimum absolute atomic E-state index is 0. The fourth-order valence-electron chi connectivity index (χ4n) is 3.00. The van der Waals surface area contributed by atoms with E-state index in [2.05, 4.69) is 57.1 Å². The second kappa shape index (κ2) is 12.2. The highest BCUT2D eigenvalue weighted by atomic mass is 127. The van der Waals surface area contributed by atoms with E-state index in [9.17, 15) is 0 Å². The predicted molar refractivity (Wildman–Crippen MR) is 132 cm³/mol. The van der Waals surface area contributed by atoms with Crippen LogP contribution in [0, 0.1) is 0 Å². The lowest BCUT2D eigenvalue weighted by atomic mass is 10.1. The quantitative estimate of drug-likeness (QED) is 0.266. The number of guanidine groups is 1. The highest BCUT2D eigenvalue weighted by molar-refractivity contribution is 14.0. The minimum Gasteiger partial charge on any atom is -0.491 e. The fourth-order valence-corrected chi connectivity index (χ4v) is 3.00. The zero-order valence-corrected chi connectivity index (χ0v) is 20.0. The van der Waals surface area contributed by atoms with Crippen LogP contribution in [0.5, 0.6) is 5.75 Å². The van der Waals surface area contributed by atoms with E-state index >= 15 is 0 Å². The van der Waals surface area contributed by atoms with E-state index in [0.29, 0.717) is 13.1 Å². The van der Waals surface area contributed by atoms with Crippen LogP contribution in [0.1, 0.15) is 30.5 Å². The van der Waals surface area contributed by atoms with Gasteiger partial charge < -0.3 is 15.4 Å². The number of aromatic nitrogens is 2. The molecule has 0 aliphatic heterocycles. The van der Waals surface area contributed by atoms with Crippen LogP contribution < -0.4 is 15.4 Å². The van der Waals surface area contributed by atoms with E-state index in [1.807, 2.05) is 42.9 Å². The molecule has 0 aliphatic rings. The summed E-state index contributed by atoms with van der Waals surface area (Å²) in [6.45, 7) is 6.19. The van der Waals surface area contributed by atoms with E-state index in [1.54, 1.807) is 13.2 Å². The first-order chi connectivity index (χ1) is 14.1. The van der Waals surface area contributed by atoms with Crippen LogP contribution in [0.15, 0.2) is 72.0 Å². The average Bonchev–Trinajstić information content (AvgIpc) is 3.23. The van der Waals surface area contributed by atoms with Crippen molar-refractivity contribution in [3.8, 4) is 5.75 Å². The molecule has 0 amide bonds. The SMILES string of the molecule is CN=C(NCc1ccc(OC(C)C)cc1)NCc1ccccc1Cn1cccn1.I. The van der Waals surface area contributed by atoms with Crippen LogP contribution >= 0.6 is 24.0 Å². The fraction of sp³-hybridized carbons (Fsp3) is 0.304. The van der Waals surface area contributed by atoms with Gasteiger partial charge in [0.15, 0.2) is 5.96 Å². The number of ether oxygens (including phenoxy) is 1. The summed E-state index contributed by atoms with van der Waals surface area (Å²) in [5.41, 5.74) is 3.63. The van der Waals surface area contributed by atoms with E-state index < -0.39 is 0 Å². The van der Waals surface area contributed by atoms with Crippen LogP contribution in [0.25, 0.3) is 0 Å². The molecule has 0 aliphatic carbocycles. The van der Waals surface area contributed by atoms with Gasteiger partial charge in [-0.1, -0.05) is 36.4 Å². The van der Waals surface area contributed by atoms with Crippen molar-refractivity contribution in [2.75, 3.05) is 7.05 Å². The first-order valence-electron chi connectivity index (χ1n) is 9.88. The molecule has 7 heteroatoms. The summed E-state index contributed by atoms with van der Waals surface area (Å²) in [5, 5.41) is 11.1. The number of hydrogen-bond donors (Lipinski definition) is 2. The Hall–Kier alpha value is -2.55. The summed E-state index contributed by atoms with van der Waals surface area (Å²) in [7, 11) is 1.78. The number of aliphatic imine (C=N–C) groups is 1. The summed E-state index contributed by atoms with van der Waals surface area (Å²) in [4.78, 5) is 4.33. The summed E-state index contributed by atoms with van der Waals surface area (Å²) in [5.74, 6) is 1.65. The van der Waals surface area contributed by atoms with Gasteiger partial charge in [-0.15, -0.1) is 24.0 Å². The summed E-state index contributed by atoms with van der Waals surface area (Å²) in [6, 6.07) is 18.4. The van der Waals surface area contributed by atoms with Crippen LogP contribution in [0.3, 0.4) is 0 Å². The lowest BCUT2D eigenvalue weighted by Crippen LogP contribution is -2.36. The molecule has 2 N–H and O–H groups in total. The maximum Gasteiger partial charge on any atom is 0.191 e. The molecule has 0 saturated heterocycles. The highest BCUT2D eigenvalue weighted by Gasteiger charge is 2.05. The number of benzene rings is 2. The number of rotatable bonds is 8. The standard InChI is InChI=1S/C23H29N5O.HI/c1-18(2)29-22-11-9-19(10-12-22)15-25-23(24-3)26-16-20-7-4-5-8-21(20)17-28-14-6-13-27-28;/h4-14,18H,15-17H2,1-3H3,(H2,24,25,26);1H. The molecule has 160 valence electrons. The van der Waals surface area contributed by atoms with Crippen LogP contribution in [0.2, 0.25) is 0 Å². The van der Waals surface area contributed by atoms with Gasteiger partial charge in [-0.05, 0) is 48.7 Å². The molecule has 0 unspecified atom stereocenters. The van der Waals surface area contributed by atoms with Crippen molar-refractivity contribution in [1.29, 1.82) is 0 Å². The number of nitrogens with zero attached hydrogens (tertiary/aromatic N) is 3. The van der Waals surface area contributed by atoms with E-state index in [1.165, 1.54) is 16.7 Å². The van der Waals surface area contributed by atoms with Crippen LogP contribution in [-0.2, 0) is 19.6 Å². The second-order valence-electron chi connectivity index (χ2n) is 7.06. The van der Waals surface area contributed by atoms with E-state index in [0.717, 1.165) is 18.3 Å². The molecule has 0 spiro atoms. The van der Waals surface area contributed by atoms with Gasteiger partial charge in [0, 0.05) is 32.5 Å². The Bertz CT molecular complexity index is 908. The Morgan fingerprint density at radius 3 is 2.33 bits per heavy atom. The van der Waals surface area contributed by atoms with Gasteiger partial charge in [-0.25, -0.2) is 0 Å². The average molecular weight is 519 g/mol. The van der Waals surface area contributed by atoms with Crippen molar-refractivity contribution < 1.29 is 4.74 Å². The van der Waals surface area contributed by atoms with Gasteiger partial charge >= 0.3 is 0 Å². The monoisotopic (exact) mass is 519 g/mol. The lowest BCUT2D eigenvalue weighted by Gasteiger charge is -2.15. The third-order valence-corrected chi connectivity index (χ3v) is 4.43. The molecule has 0 radical (unpaired) electrons. The zero-order chi connectivity index (χ0) is 20.5. The second-order valence-corrected chi connectivity index (χ2v) is 7.06. The molecule has 30 heavy (non-hydrogen) atoms. The Morgan fingerprint density at radius 1 is 1.00 bits per heavy atom. The minimum atomic E-state index is 0. The summed E-state index contributed by atoms with van der Waals surface area (Å²) < 4.78 is 7.62. The number of nitrogens with one attached hydrogen (secondary N) is 2. The number of hydrogen-bond acceptors (Lipinski definition) is 3. The van der Waals surface area contributed by atoms with Gasteiger partial charge in [0.05, 0.1) is 12.6 Å². The van der Waals surface area contributed by atoms with Crippen LogP contribution in [0.4, 0.5) is 0 Å². The molecule has 0 saturated carbocycles. The topological polar surface area (TPSA) is 63.5 Å². The first kappa shape index (κ1) is 23.7. The molecule has 0 bridgehead atoms. The van der Waals surface area contributed by atoms with Gasteiger partial charge in [0.1, 0.15) is 5.75 Å². The van der Waals surface area contributed by atoms with Gasteiger partial charge in [0.25, 0.3) is 0 Å². The van der Waals surface area contributed by atoms with Crippen molar-refractivity contribution in [1.82, 2.24) is 20.4 Å². The molecule has 6 nitrogen and oxygen atoms in total. The molecule has 3 aromatic rings. The van der Waals surface area contributed by atoms with Crippen LogP contribution in [-0.4, -0.2) is 28.9 Å². The normalized spacial score (nSPS) is 11.1. The van der Waals surface area contributed by atoms with Gasteiger partial charge in [-0.2, -0.15) is 5.10 Å². The van der Waals surface area contributed by atoms with Gasteiger partial charge in [0.2, 0.25) is 0 Å². The first-order valence-corrected chi connectivity index (χ1v) is 9.88. The Labute approximate surface area is 195 Å². The summed E-state index contributed by atoms with van der Waals surface area (Å²) in [6.07, 6.45) is 3.95. The van der Waals surface area contributed by atoms with Crippen molar-refractivity contribution in [3.63, 3.8) is 0 Å². The lowest BCUT2D eigenvalue weighted by molar-refractivity contribution is 0.242. The Morgan fingerprint density at radius 2 is 1.70 bits per heavy atom. The molecular formula is C23H30IN5O. The molecule has 3 rings (SSSR count). The van der Waals surface area contributed by atoms with E-state index in [4.69, 9.17) is 4.74 Å². The third kappa shape index (κ3) is 7.37. The zero-order valence-electron chi connectivity index (χ0n) is 17.7. The molecule has 1 aromatic heterocycles. The molecule has 2 aromatic carbocycles. The third-order valence-electron chi connectivity index (χ3n) is 4.43. The smallest absolute Gasteiger partial charge is 0.191 e. The van der Waals surface area contributed by atoms with Crippen molar-refractivity contribution in [2.24, 2.45) is 4.99 Å². The largest absolute Gasteiger partial charge is 0.491 e. The van der Waals surface area contributed by atoms with E-state index in [-0.39, 0.29) is 30.1 Å². The molecule has 0 fully saturated rings. The number of halogens is 1. The highest BCUT2D eigenvalue weighted by Crippen LogP contribution is 2.14. The Kier molecular flexibility index (Phi) is 9.66. The summed E-state index contributed by atoms with van der Waals surface area (Å²) >= 11 is 0.